The number of phenolic OH excluding ortho intramolecular Hbond substituents is 1. The first kappa shape index (κ1) is 32.5. The maximum atomic E-state index is 13.1. The van der Waals surface area contributed by atoms with Gasteiger partial charge in [0, 0.05) is 81.6 Å². The van der Waals surface area contributed by atoms with Crippen molar-refractivity contribution in [2.45, 2.75) is 76.3 Å². The molecular formula is C42H49N5O4. The van der Waals surface area contributed by atoms with Crippen LogP contribution in [0.4, 0.5) is 11.4 Å². The van der Waals surface area contributed by atoms with Crippen LogP contribution in [0.5, 0.6) is 5.75 Å². The van der Waals surface area contributed by atoms with E-state index in [0.29, 0.717) is 41.5 Å². The highest BCUT2D eigenvalue weighted by Crippen LogP contribution is 2.60. The summed E-state index contributed by atoms with van der Waals surface area (Å²) in [6, 6.07) is 21.1. The number of phenols is 1. The normalized spacial score (nSPS) is 25.1. The first-order valence-electron chi connectivity index (χ1n) is 19.3. The molecule has 3 aromatic rings. The van der Waals surface area contributed by atoms with Crippen LogP contribution in [0, 0.1) is 11.3 Å². The van der Waals surface area contributed by atoms with Gasteiger partial charge in [-0.1, -0.05) is 24.6 Å². The number of nitrogens with one attached hydrogen (secondary N) is 1. The van der Waals surface area contributed by atoms with Crippen LogP contribution in [0.25, 0.3) is 0 Å². The number of piperidine rings is 2. The van der Waals surface area contributed by atoms with Crippen molar-refractivity contribution < 1.29 is 19.5 Å². The van der Waals surface area contributed by atoms with Gasteiger partial charge in [-0.2, -0.15) is 0 Å². The summed E-state index contributed by atoms with van der Waals surface area (Å²) >= 11 is 0. The number of imide groups is 1. The summed E-state index contributed by atoms with van der Waals surface area (Å²) in [5.41, 5.74) is 8.69. The number of hydrogen-bond acceptors (Lipinski definition) is 7. The molecule has 1 unspecified atom stereocenters. The van der Waals surface area contributed by atoms with Gasteiger partial charge in [-0.3, -0.25) is 24.6 Å². The zero-order valence-corrected chi connectivity index (χ0v) is 29.5. The number of benzene rings is 3. The highest BCUT2D eigenvalue weighted by atomic mass is 16.3. The minimum atomic E-state index is -0.580. The van der Waals surface area contributed by atoms with Crippen LogP contribution in [-0.2, 0) is 22.6 Å². The second kappa shape index (κ2) is 13.0. The van der Waals surface area contributed by atoms with Crippen LogP contribution in [0.3, 0.4) is 0 Å². The molecule has 0 bridgehead atoms. The maximum Gasteiger partial charge on any atom is 0.255 e. The van der Waals surface area contributed by atoms with E-state index >= 15 is 0 Å². The van der Waals surface area contributed by atoms with Crippen LogP contribution in [0.1, 0.15) is 89.9 Å². The van der Waals surface area contributed by atoms with E-state index in [1.807, 2.05) is 24.3 Å². The third-order valence-corrected chi connectivity index (χ3v) is 13.3. The van der Waals surface area contributed by atoms with Gasteiger partial charge in [-0.15, -0.1) is 0 Å². The van der Waals surface area contributed by atoms with Crippen molar-refractivity contribution in [1.82, 2.24) is 15.1 Å². The first-order chi connectivity index (χ1) is 24.8. The summed E-state index contributed by atoms with van der Waals surface area (Å²) in [7, 11) is 0. The monoisotopic (exact) mass is 687 g/mol. The number of anilines is 2. The summed E-state index contributed by atoms with van der Waals surface area (Å²) in [4.78, 5) is 46.4. The SMILES string of the molecule is O=C1CCC(N2Cc3cc(N4CCN(CC5CCN(c6ccc([C@H]7c8ccc(O)cc8CCC78CCC8)cc6)CC5)CC4)ccc3C2=O)C(=O)N1. The highest BCUT2D eigenvalue weighted by molar-refractivity contribution is 6.05. The van der Waals surface area contributed by atoms with Crippen molar-refractivity contribution >= 4 is 29.1 Å². The average Bonchev–Trinajstić information content (AvgIpc) is 3.46. The number of fused-ring (bicyclic) bond motifs is 2. The van der Waals surface area contributed by atoms with Crippen molar-refractivity contribution in [1.29, 1.82) is 0 Å². The quantitative estimate of drug-likeness (QED) is 0.334. The maximum absolute atomic E-state index is 13.1. The number of aromatic hydroxyl groups is 1. The zero-order chi connectivity index (χ0) is 34.7. The fraction of sp³-hybridized carbons (Fsp3) is 0.500. The van der Waals surface area contributed by atoms with Crippen molar-refractivity contribution in [2.24, 2.45) is 11.3 Å². The molecule has 3 aromatic carbocycles. The molecule has 4 heterocycles. The largest absolute Gasteiger partial charge is 0.508 e. The minimum Gasteiger partial charge on any atom is -0.508 e. The van der Waals surface area contributed by atoms with Crippen LogP contribution in [0.15, 0.2) is 60.7 Å². The molecule has 0 radical (unpaired) electrons. The number of carbonyl (C=O) groups is 3. The van der Waals surface area contributed by atoms with E-state index in [9.17, 15) is 19.5 Å². The van der Waals surface area contributed by atoms with Crippen molar-refractivity contribution in [3.8, 4) is 5.75 Å². The molecule has 51 heavy (non-hydrogen) atoms. The fourth-order valence-electron chi connectivity index (χ4n) is 10.2. The second-order valence-corrected chi connectivity index (χ2v) is 16.1. The average molecular weight is 688 g/mol. The predicted molar refractivity (Wildman–Crippen MR) is 197 cm³/mol. The molecule has 2 aliphatic carbocycles. The number of nitrogens with zero attached hydrogens (tertiary/aromatic N) is 4. The van der Waals surface area contributed by atoms with Crippen LogP contribution in [0.2, 0.25) is 0 Å². The van der Waals surface area contributed by atoms with E-state index in [0.717, 1.165) is 63.5 Å². The summed E-state index contributed by atoms with van der Waals surface area (Å²) in [5, 5.41) is 12.5. The van der Waals surface area contributed by atoms with Gasteiger partial charge in [0.1, 0.15) is 11.8 Å². The molecular weight excluding hydrogens is 638 g/mol. The predicted octanol–water partition coefficient (Wildman–Crippen LogP) is 5.44. The zero-order valence-electron chi connectivity index (χ0n) is 29.5. The Morgan fingerprint density at radius 2 is 1.49 bits per heavy atom. The Hall–Kier alpha value is -4.37. The Balaban J connectivity index is 0.769. The first-order valence-corrected chi connectivity index (χ1v) is 19.3. The highest BCUT2D eigenvalue weighted by Gasteiger charge is 2.48. The van der Waals surface area contributed by atoms with Crippen molar-refractivity contribution in [3.63, 3.8) is 0 Å². The van der Waals surface area contributed by atoms with Gasteiger partial charge in [0.2, 0.25) is 11.8 Å². The van der Waals surface area contributed by atoms with Gasteiger partial charge in [0.15, 0.2) is 0 Å². The van der Waals surface area contributed by atoms with Gasteiger partial charge in [-0.25, -0.2) is 0 Å². The fourth-order valence-corrected chi connectivity index (χ4v) is 10.2. The van der Waals surface area contributed by atoms with E-state index in [1.54, 1.807) is 4.90 Å². The third kappa shape index (κ3) is 5.97. The van der Waals surface area contributed by atoms with Gasteiger partial charge < -0.3 is 19.8 Å². The Morgan fingerprint density at radius 1 is 0.745 bits per heavy atom. The lowest BCUT2D eigenvalue weighted by molar-refractivity contribution is -0.136. The second-order valence-electron chi connectivity index (χ2n) is 16.1. The van der Waals surface area contributed by atoms with E-state index < -0.39 is 6.04 Å². The van der Waals surface area contributed by atoms with Gasteiger partial charge in [-0.05, 0) is 121 Å². The number of aryl methyl sites for hydroxylation is 1. The standard InChI is InChI=1S/C42H49N5O4/c48-34-7-9-35-30(25-34)12-17-42(15-1-16-42)39(35)29-2-4-32(5-3-29)45-18-13-28(14-19-45)26-44-20-22-46(23-21-44)33-6-8-36-31(24-33)27-47(41(36)51)37-10-11-38(49)43-40(37)50/h2-9,24-25,28,37,39,48H,1,10-23,26-27H2,(H,43,49,50)/t37?,39-/m0/s1. The molecule has 4 fully saturated rings. The van der Waals surface area contributed by atoms with Gasteiger partial charge in [0.05, 0.1) is 0 Å². The minimum absolute atomic E-state index is 0.117. The molecule has 6 aliphatic rings. The molecule has 266 valence electrons. The van der Waals surface area contributed by atoms with Crippen molar-refractivity contribution in [3.05, 3.63) is 88.5 Å². The summed E-state index contributed by atoms with van der Waals surface area (Å²) in [6.45, 7) is 7.76. The molecule has 3 saturated heterocycles. The Morgan fingerprint density at radius 3 is 2.22 bits per heavy atom. The Labute approximate surface area is 300 Å². The van der Waals surface area contributed by atoms with Crippen LogP contribution in [-0.4, -0.2) is 84.5 Å². The molecule has 3 amide bonds. The van der Waals surface area contributed by atoms with E-state index in [4.69, 9.17) is 0 Å². The summed E-state index contributed by atoms with van der Waals surface area (Å²) in [5.74, 6) is 0.780. The lowest BCUT2D eigenvalue weighted by Gasteiger charge is -2.52. The number of carbonyl (C=O) groups excluding carboxylic acids is 3. The lowest BCUT2D eigenvalue weighted by atomic mass is 9.52. The molecule has 9 rings (SSSR count). The number of hydrogen-bond donors (Lipinski definition) is 2. The van der Waals surface area contributed by atoms with Crippen molar-refractivity contribution in [2.75, 3.05) is 55.6 Å². The van der Waals surface area contributed by atoms with Crippen LogP contribution >= 0.6 is 0 Å². The molecule has 9 nitrogen and oxygen atoms in total. The Kier molecular flexibility index (Phi) is 8.29. The molecule has 4 aliphatic heterocycles. The number of amides is 3. The molecule has 9 heteroatoms. The molecule has 0 aromatic heterocycles. The summed E-state index contributed by atoms with van der Waals surface area (Å²) < 4.78 is 0. The lowest BCUT2D eigenvalue weighted by Crippen LogP contribution is -2.52. The third-order valence-electron chi connectivity index (χ3n) is 13.3. The molecule has 1 spiro atoms. The molecule has 2 atom stereocenters. The van der Waals surface area contributed by atoms with E-state index in [2.05, 4.69) is 56.4 Å². The number of rotatable bonds is 6. The topological polar surface area (TPSA) is 96.4 Å². The van der Waals surface area contributed by atoms with E-state index in [-0.39, 0.29) is 24.1 Å². The summed E-state index contributed by atoms with van der Waals surface area (Å²) in [6.07, 6.45) is 9.34. The van der Waals surface area contributed by atoms with E-state index in [1.165, 1.54) is 60.9 Å². The molecule has 2 N–H and O–H groups in total. The smallest absolute Gasteiger partial charge is 0.255 e. The molecule has 1 saturated carbocycles. The Bertz CT molecular complexity index is 1840. The van der Waals surface area contributed by atoms with Gasteiger partial charge in [0.25, 0.3) is 5.91 Å². The number of piperazine rings is 1. The van der Waals surface area contributed by atoms with Gasteiger partial charge >= 0.3 is 0 Å². The van der Waals surface area contributed by atoms with Crippen LogP contribution < -0.4 is 15.1 Å².